The molecule has 0 aliphatic carbocycles. The number of para-hydroxylation sites is 1. The number of carbonyl (C=O) groups is 1. The molecule has 1 heterocycles. The van der Waals surface area contributed by atoms with E-state index in [-0.39, 0.29) is 11.7 Å². The van der Waals surface area contributed by atoms with E-state index < -0.39 is 0 Å². The highest BCUT2D eigenvalue weighted by molar-refractivity contribution is 6.07. The number of fused-ring (bicyclic) bond motifs is 1. The minimum atomic E-state index is -0.300. The number of carbonyl (C=O) groups excluding carboxylic acids is 1. The summed E-state index contributed by atoms with van der Waals surface area (Å²) in [5, 5.41) is 3.43. The van der Waals surface area contributed by atoms with Gasteiger partial charge in [-0.25, -0.2) is 9.37 Å². The van der Waals surface area contributed by atoms with Crippen molar-refractivity contribution in [2.24, 2.45) is 0 Å². The highest BCUT2D eigenvalue weighted by atomic mass is 19.1. The van der Waals surface area contributed by atoms with Crippen LogP contribution in [-0.4, -0.2) is 17.9 Å². The summed E-state index contributed by atoms with van der Waals surface area (Å²) in [6.07, 6.45) is 0. The Kier molecular flexibility index (Phi) is 3.36. The van der Waals surface area contributed by atoms with Crippen molar-refractivity contribution in [3.05, 3.63) is 66.0 Å². The maximum atomic E-state index is 13.0. The predicted octanol–water partition coefficient (Wildman–Crippen LogP) is 3.40. The average molecular weight is 280 g/mol. The van der Waals surface area contributed by atoms with Gasteiger partial charge in [0.2, 0.25) is 0 Å². The van der Waals surface area contributed by atoms with E-state index in [9.17, 15) is 9.18 Å². The maximum Gasteiger partial charge on any atom is 0.251 e. The molecule has 0 atom stereocenters. The van der Waals surface area contributed by atoms with E-state index in [0.717, 1.165) is 16.5 Å². The van der Waals surface area contributed by atoms with Gasteiger partial charge in [-0.15, -0.1) is 0 Å². The van der Waals surface area contributed by atoms with Crippen LogP contribution in [0.2, 0.25) is 0 Å². The Bertz CT molecular complexity index is 813. The highest BCUT2D eigenvalue weighted by Gasteiger charge is 2.12. The van der Waals surface area contributed by atoms with Crippen LogP contribution in [0.1, 0.15) is 10.4 Å². The fourth-order valence-electron chi connectivity index (χ4n) is 2.27. The first-order valence-electron chi connectivity index (χ1n) is 6.57. The zero-order valence-electron chi connectivity index (χ0n) is 11.4. The molecule has 3 aromatic rings. The van der Waals surface area contributed by atoms with Gasteiger partial charge in [0.05, 0.1) is 16.8 Å². The number of hydrogen-bond donors (Lipinski definition) is 1. The zero-order valence-corrected chi connectivity index (χ0v) is 11.4. The molecule has 1 amide bonds. The molecule has 0 bridgehead atoms. The molecule has 0 unspecified atom stereocenters. The van der Waals surface area contributed by atoms with Gasteiger partial charge in [0.15, 0.2) is 0 Å². The van der Waals surface area contributed by atoms with E-state index in [2.05, 4.69) is 10.3 Å². The lowest BCUT2D eigenvalue weighted by Gasteiger charge is -2.09. The second kappa shape index (κ2) is 5.32. The monoisotopic (exact) mass is 280 g/mol. The van der Waals surface area contributed by atoms with Crippen LogP contribution >= 0.6 is 0 Å². The first-order chi connectivity index (χ1) is 10.2. The van der Waals surface area contributed by atoms with E-state index in [0.29, 0.717) is 11.3 Å². The fourth-order valence-corrected chi connectivity index (χ4v) is 2.27. The van der Waals surface area contributed by atoms with Crippen molar-refractivity contribution in [2.45, 2.75) is 0 Å². The molecule has 3 rings (SSSR count). The molecule has 0 saturated heterocycles. The molecular weight excluding hydrogens is 267 g/mol. The number of nitrogens with zero attached hydrogens (tertiary/aromatic N) is 1. The predicted molar refractivity (Wildman–Crippen MR) is 80.5 cm³/mol. The third kappa shape index (κ3) is 2.48. The Hall–Kier alpha value is -2.75. The van der Waals surface area contributed by atoms with Crippen molar-refractivity contribution in [1.29, 1.82) is 0 Å². The first kappa shape index (κ1) is 13.2. The molecule has 0 aliphatic heterocycles. The number of benzene rings is 2. The number of rotatable bonds is 2. The Labute approximate surface area is 121 Å². The second-order valence-corrected chi connectivity index (χ2v) is 4.66. The minimum Gasteiger partial charge on any atom is -0.355 e. The lowest BCUT2D eigenvalue weighted by atomic mass is 10.0. The maximum absolute atomic E-state index is 13.0. The van der Waals surface area contributed by atoms with Crippen molar-refractivity contribution in [1.82, 2.24) is 10.3 Å². The molecule has 3 nitrogen and oxygen atoms in total. The number of nitrogens with one attached hydrogen (secondary N) is 1. The van der Waals surface area contributed by atoms with Gasteiger partial charge in [-0.05, 0) is 36.4 Å². The van der Waals surface area contributed by atoms with Gasteiger partial charge in [0.25, 0.3) is 5.91 Å². The Morgan fingerprint density at radius 2 is 1.81 bits per heavy atom. The summed E-state index contributed by atoms with van der Waals surface area (Å²) in [5.41, 5.74) is 2.71. The van der Waals surface area contributed by atoms with Crippen LogP contribution in [0.25, 0.3) is 22.2 Å². The van der Waals surface area contributed by atoms with Gasteiger partial charge in [-0.3, -0.25) is 4.79 Å². The van der Waals surface area contributed by atoms with Crippen LogP contribution in [0.15, 0.2) is 54.6 Å². The quantitative estimate of drug-likeness (QED) is 0.781. The molecule has 21 heavy (non-hydrogen) atoms. The molecule has 2 aromatic carbocycles. The smallest absolute Gasteiger partial charge is 0.251 e. The summed E-state index contributed by atoms with van der Waals surface area (Å²) < 4.78 is 13.0. The van der Waals surface area contributed by atoms with E-state index in [4.69, 9.17) is 0 Å². The third-order valence-corrected chi connectivity index (χ3v) is 3.33. The molecule has 0 aliphatic rings. The van der Waals surface area contributed by atoms with Crippen LogP contribution in [0, 0.1) is 5.82 Å². The number of amides is 1. The van der Waals surface area contributed by atoms with Crippen molar-refractivity contribution in [3.63, 3.8) is 0 Å². The van der Waals surface area contributed by atoms with Gasteiger partial charge in [0.1, 0.15) is 5.82 Å². The number of halogens is 1. The highest BCUT2D eigenvalue weighted by Crippen LogP contribution is 2.25. The van der Waals surface area contributed by atoms with Crippen molar-refractivity contribution < 1.29 is 9.18 Å². The van der Waals surface area contributed by atoms with Gasteiger partial charge in [-0.2, -0.15) is 0 Å². The number of pyridine rings is 1. The summed E-state index contributed by atoms with van der Waals surface area (Å²) in [7, 11) is 1.59. The number of aromatic nitrogens is 1. The van der Waals surface area contributed by atoms with E-state index in [1.54, 1.807) is 25.2 Å². The van der Waals surface area contributed by atoms with E-state index >= 15 is 0 Å². The summed E-state index contributed by atoms with van der Waals surface area (Å²) >= 11 is 0. The lowest BCUT2D eigenvalue weighted by Crippen LogP contribution is -2.18. The van der Waals surface area contributed by atoms with Crippen LogP contribution in [0.3, 0.4) is 0 Å². The molecule has 1 N–H and O–H groups in total. The summed E-state index contributed by atoms with van der Waals surface area (Å²) in [4.78, 5) is 16.6. The zero-order chi connectivity index (χ0) is 14.8. The van der Waals surface area contributed by atoms with Crippen LogP contribution in [-0.2, 0) is 0 Å². The van der Waals surface area contributed by atoms with Crippen molar-refractivity contribution in [3.8, 4) is 11.3 Å². The molecule has 1 aromatic heterocycles. The normalized spacial score (nSPS) is 10.6. The van der Waals surface area contributed by atoms with Gasteiger partial charge in [-0.1, -0.05) is 18.2 Å². The van der Waals surface area contributed by atoms with Gasteiger partial charge >= 0.3 is 0 Å². The summed E-state index contributed by atoms with van der Waals surface area (Å²) in [6.45, 7) is 0. The van der Waals surface area contributed by atoms with Crippen molar-refractivity contribution in [2.75, 3.05) is 7.05 Å². The molecule has 0 fully saturated rings. The first-order valence-corrected chi connectivity index (χ1v) is 6.57. The van der Waals surface area contributed by atoms with Crippen LogP contribution in [0.5, 0.6) is 0 Å². The molecule has 104 valence electrons. The van der Waals surface area contributed by atoms with Crippen molar-refractivity contribution >= 4 is 16.8 Å². The van der Waals surface area contributed by atoms with E-state index in [1.165, 1.54) is 12.1 Å². The van der Waals surface area contributed by atoms with E-state index in [1.807, 2.05) is 24.3 Å². The second-order valence-electron chi connectivity index (χ2n) is 4.66. The summed E-state index contributed by atoms with van der Waals surface area (Å²) in [5.74, 6) is -0.469. The SMILES string of the molecule is CNC(=O)c1cc(-c2ccc(F)cc2)nc2ccccc12. The number of hydrogen-bond acceptors (Lipinski definition) is 2. The molecule has 0 spiro atoms. The largest absolute Gasteiger partial charge is 0.355 e. The molecular formula is C17H13FN2O. The van der Waals surface area contributed by atoms with Gasteiger partial charge < -0.3 is 5.32 Å². The molecule has 0 radical (unpaired) electrons. The summed E-state index contributed by atoms with van der Waals surface area (Å²) in [6, 6.07) is 15.3. The minimum absolute atomic E-state index is 0.169. The average Bonchev–Trinajstić information content (AvgIpc) is 2.53. The Morgan fingerprint density at radius 3 is 2.52 bits per heavy atom. The van der Waals surface area contributed by atoms with Gasteiger partial charge in [0, 0.05) is 18.0 Å². The van der Waals surface area contributed by atoms with Crippen LogP contribution in [0.4, 0.5) is 4.39 Å². The lowest BCUT2D eigenvalue weighted by molar-refractivity contribution is 0.0964. The topological polar surface area (TPSA) is 42.0 Å². The third-order valence-electron chi connectivity index (χ3n) is 3.33. The Morgan fingerprint density at radius 1 is 1.10 bits per heavy atom. The van der Waals surface area contributed by atoms with Crippen LogP contribution < -0.4 is 5.32 Å². The standard InChI is InChI=1S/C17H13FN2O/c1-19-17(21)14-10-16(11-6-8-12(18)9-7-11)20-15-5-3-2-4-13(14)15/h2-10H,1H3,(H,19,21). The molecule has 4 heteroatoms. The fraction of sp³-hybridized carbons (Fsp3) is 0.0588. The molecule has 0 saturated carbocycles. The Balaban J connectivity index is 2.25.